The predicted octanol–water partition coefficient (Wildman–Crippen LogP) is 3.05. The lowest BCUT2D eigenvalue weighted by Crippen LogP contribution is -2.39. The number of hydrogen-bond donors (Lipinski definition) is 1. The van der Waals surface area contributed by atoms with E-state index in [1.165, 1.54) is 4.90 Å². The molecule has 0 aliphatic rings. The molecule has 7 nitrogen and oxygen atoms in total. The van der Waals surface area contributed by atoms with Gasteiger partial charge in [0, 0.05) is 19.6 Å². The average Bonchev–Trinajstić information content (AvgIpc) is 2.33. The van der Waals surface area contributed by atoms with Gasteiger partial charge in [-0.2, -0.15) is 5.26 Å². The Bertz CT molecular complexity index is 430. The van der Waals surface area contributed by atoms with Gasteiger partial charge in [-0.25, -0.2) is 9.59 Å². The molecule has 0 spiro atoms. The lowest BCUT2D eigenvalue weighted by molar-refractivity contribution is 0.0252. The molecule has 0 saturated carbocycles. The zero-order valence-corrected chi connectivity index (χ0v) is 15.1. The van der Waals surface area contributed by atoms with Crippen molar-refractivity contribution in [3.8, 4) is 6.07 Å². The summed E-state index contributed by atoms with van der Waals surface area (Å²) in [6.45, 7) is 11.8. The number of hydrogen-bond acceptors (Lipinski definition) is 5. The first kappa shape index (κ1) is 21.0. The Balaban J connectivity index is 4.28. The van der Waals surface area contributed by atoms with Crippen molar-refractivity contribution < 1.29 is 19.1 Å². The molecule has 0 unspecified atom stereocenters. The van der Waals surface area contributed by atoms with E-state index in [4.69, 9.17) is 14.7 Å². The van der Waals surface area contributed by atoms with Crippen LogP contribution in [0.25, 0.3) is 0 Å². The van der Waals surface area contributed by atoms with Gasteiger partial charge in [0.05, 0.1) is 12.5 Å². The second-order valence-electron chi connectivity index (χ2n) is 7.16. The molecule has 7 heteroatoms. The van der Waals surface area contributed by atoms with E-state index < -0.39 is 23.4 Å². The van der Waals surface area contributed by atoms with Gasteiger partial charge in [-0.3, -0.25) is 0 Å². The van der Waals surface area contributed by atoms with Gasteiger partial charge in [0.2, 0.25) is 0 Å². The number of amides is 2. The molecule has 0 saturated heterocycles. The summed E-state index contributed by atoms with van der Waals surface area (Å²) in [6, 6.07) is 2.01. The third-order valence-corrected chi connectivity index (χ3v) is 2.42. The van der Waals surface area contributed by atoms with Crippen LogP contribution < -0.4 is 5.32 Å². The van der Waals surface area contributed by atoms with Crippen LogP contribution in [0.15, 0.2) is 0 Å². The van der Waals surface area contributed by atoms with Crippen molar-refractivity contribution in [2.45, 2.75) is 65.6 Å². The van der Waals surface area contributed by atoms with Crippen LogP contribution in [0.3, 0.4) is 0 Å². The Labute approximate surface area is 138 Å². The molecular weight excluding hydrogens is 298 g/mol. The standard InChI is InChI=1S/C16H29N3O4/c1-15(2,3)22-13(20)18-10-8-12-19(11-7-9-17)14(21)23-16(4,5)6/h7-8,10-12H2,1-6H3,(H,18,20). The van der Waals surface area contributed by atoms with E-state index in [0.717, 1.165) is 0 Å². The highest BCUT2D eigenvalue weighted by molar-refractivity contribution is 5.68. The molecule has 0 rings (SSSR count). The number of nitrogens with one attached hydrogen (secondary N) is 1. The molecule has 132 valence electrons. The van der Waals surface area contributed by atoms with Crippen molar-refractivity contribution in [3.05, 3.63) is 0 Å². The van der Waals surface area contributed by atoms with Crippen molar-refractivity contribution in [1.29, 1.82) is 5.26 Å². The number of nitriles is 1. The summed E-state index contributed by atoms with van der Waals surface area (Å²) < 4.78 is 10.4. The maximum Gasteiger partial charge on any atom is 0.410 e. The lowest BCUT2D eigenvalue weighted by atomic mass is 10.2. The van der Waals surface area contributed by atoms with E-state index in [-0.39, 0.29) is 6.42 Å². The fraction of sp³-hybridized carbons (Fsp3) is 0.812. The maximum atomic E-state index is 12.1. The molecule has 0 aliphatic carbocycles. The van der Waals surface area contributed by atoms with Crippen molar-refractivity contribution in [3.63, 3.8) is 0 Å². The Morgan fingerprint density at radius 2 is 1.61 bits per heavy atom. The van der Waals surface area contributed by atoms with Crippen molar-refractivity contribution in [2.75, 3.05) is 19.6 Å². The van der Waals surface area contributed by atoms with Gasteiger partial charge < -0.3 is 19.7 Å². The first-order valence-corrected chi connectivity index (χ1v) is 7.76. The molecule has 0 aromatic heterocycles. The van der Waals surface area contributed by atoms with Gasteiger partial charge >= 0.3 is 12.2 Å². The van der Waals surface area contributed by atoms with Crippen LogP contribution in [-0.2, 0) is 9.47 Å². The predicted molar refractivity (Wildman–Crippen MR) is 86.9 cm³/mol. The zero-order chi connectivity index (χ0) is 18.1. The van der Waals surface area contributed by atoms with Gasteiger partial charge in [-0.15, -0.1) is 0 Å². The van der Waals surface area contributed by atoms with E-state index in [1.807, 2.05) is 6.07 Å². The molecule has 0 aromatic carbocycles. The van der Waals surface area contributed by atoms with Gasteiger partial charge in [-0.1, -0.05) is 0 Å². The van der Waals surface area contributed by atoms with Crippen LogP contribution in [0.5, 0.6) is 0 Å². The second-order valence-corrected chi connectivity index (χ2v) is 7.16. The molecule has 0 bridgehead atoms. The molecule has 0 atom stereocenters. The second kappa shape index (κ2) is 9.23. The SMILES string of the molecule is CC(C)(C)OC(=O)NCCCN(CCC#N)C(=O)OC(C)(C)C. The molecule has 0 aromatic rings. The van der Waals surface area contributed by atoms with Crippen LogP contribution in [-0.4, -0.2) is 47.9 Å². The summed E-state index contributed by atoms with van der Waals surface area (Å²) in [5, 5.41) is 11.3. The number of nitrogens with zero attached hydrogens (tertiary/aromatic N) is 2. The van der Waals surface area contributed by atoms with Gasteiger partial charge in [0.25, 0.3) is 0 Å². The molecule has 0 fully saturated rings. The van der Waals surface area contributed by atoms with Crippen molar-refractivity contribution in [2.24, 2.45) is 0 Å². The highest BCUT2D eigenvalue weighted by atomic mass is 16.6. The highest BCUT2D eigenvalue weighted by Gasteiger charge is 2.22. The summed E-state index contributed by atoms with van der Waals surface area (Å²) in [4.78, 5) is 25.1. The normalized spacial score (nSPS) is 11.3. The first-order valence-electron chi connectivity index (χ1n) is 7.76. The van der Waals surface area contributed by atoms with Gasteiger partial charge in [-0.05, 0) is 48.0 Å². The Kier molecular flexibility index (Phi) is 8.44. The number of ether oxygens (including phenoxy) is 2. The molecule has 0 aliphatic heterocycles. The first-order chi connectivity index (χ1) is 10.4. The van der Waals surface area contributed by atoms with Crippen LogP contribution >= 0.6 is 0 Å². The quantitative estimate of drug-likeness (QED) is 0.757. The Morgan fingerprint density at radius 1 is 1.04 bits per heavy atom. The monoisotopic (exact) mass is 327 g/mol. The lowest BCUT2D eigenvalue weighted by Gasteiger charge is -2.27. The average molecular weight is 327 g/mol. The van der Waals surface area contributed by atoms with E-state index >= 15 is 0 Å². The maximum absolute atomic E-state index is 12.1. The van der Waals surface area contributed by atoms with E-state index in [2.05, 4.69) is 5.32 Å². The van der Waals surface area contributed by atoms with Gasteiger partial charge in [0.15, 0.2) is 0 Å². The minimum absolute atomic E-state index is 0.235. The Morgan fingerprint density at radius 3 is 2.09 bits per heavy atom. The topological polar surface area (TPSA) is 91.7 Å². The molecule has 0 heterocycles. The van der Waals surface area contributed by atoms with E-state index in [9.17, 15) is 9.59 Å². The number of rotatable bonds is 6. The third kappa shape index (κ3) is 12.3. The summed E-state index contributed by atoms with van der Waals surface area (Å²) in [7, 11) is 0. The minimum atomic E-state index is -0.587. The third-order valence-electron chi connectivity index (χ3n) is 2.42. The molecule has 23 heavy (non-hydrogen) atoms. The smallest absolute Gasteiger partial charge is 0.410 e. The summed E-state index contributed by atoms with van der Waals surface area (Å²) in [6.07, 6.45) is -0.161. The van der Waals surface area contributed by atoms with Crippen LogP contribution in [0.4, 0.5) is 9.59 Å². The van der Waals surface area contributed by atoms with Crippen molar-refractivity contribution in [1.82, 2.24) is 10.2 Å². The van der Waals surface area contributed by atoms with Crippen LogP contribution in [0.2, 0.25) is 0 Å². The Hall–Kier alpha value is -1.97. The number of carbonyl (C=O) groups is 2. The van der Waals surface area contributed by atoms with Crippen LogP contribution in [0.1, 0.15) is 54.4 Å². The minimum Gasteiger partial charge on any atom is -0.444 e. The summed E-state index contributed by atoms with van der Waals surface area (Å²) >= 11 is 0. The highest BCUT2D eigenvalue weighted by Crippen LogP contribution is 2.10. The number of alkyl carbamates (subject to hydrolysis) is 1. The molecular formula is C16H29N3O4. The fourth-order valence-corrected chi connectivity index (χ4v) is 1.58. The summed E-state index contributed by atoms with van der Waals surface area (Å²) in [5.74, 6) is 0. The molecule has 1 N–H and O–H groups in total. The van der Waals surface area contributed by atoms with Crippen LogP contribution in [0, 0.1) is 11.3 Å². The molecule has 0 radical (unpaired) electrons. The van der Waals surface area contributed by atoms with E-state index in [1.54, 1.807) is 41.5 Å². The van der Waals surface area contributed by atoms with Gasteiger partial charge in [0.1, 0.15) is 11.2 Å². The summed E-state index contributed by atoms with van der Waals surface area (Å²) in [5.41, 5.74) is -1.13. The van der Waals surface area contributed by atoms with E-state index in [0.29, 0.717) is 26.1 Å². The largest absolute Gasteiger partial charge is 0.444 e. The fourth-order valence-electron chi connectivity index (χ4n) is 1.58. The molecule has 2 amide bonds. The van der Waals surface area contributed by atoms with Crippen molar-refractivity contribution >= 4 is 12.2 Å². The zero-order valence-electron chi connectivity index (χ0n) is 15.1. The number of carbonyl (C=O) groups excluding carboxylic acids is 2.